The van der Waals surface area contributed by atoms with E-state index < -0.39 is 15.9 Å². The Morgan fingerprint density at radius 3 is 2.17 bits per heavy atom. The highest BCUT2D eigenvalue weighted by Crippen LogP contribution is 2.17. The first-order valence-electron chi connectivity index (χ1n) is 7.70. The number of hydrazine groups is 1. The molecule has 2 aromatic rings. The van der Waals surface area contributed by atoms with Gasteiger partial charge < -0.3 is 0 Å². The van der Waals surface area contributed by atoms with Crippen LogP contribution >= 0.6 is 0 Å². The second-order valence-corrected chi connectivity index (χ2v) is 7.78. The number of sulfonamides is 1. The number of rotatable bonds is 5. The van der Waals surface area contributed by atoms with Gasteiger partial charge in [0.05, 0.1) is 4.90 Å². The van der Waals surface area contributed by atoms with Gasteiger partial charge in [0, 0.05) is 5.56 Å². The van der Waals surface area contributed by atoms with Crippen LogP contribution in [0.2, 0.25) is 0 Å². The molecule has 0 bridgehead atoms. The van der Waals surface area contributed by atoms with E-state index in [4.69, 9.17) is 0 Å². The Hall–Kier alpha value is -2.18. The van der Waals surface area contributed by atoms with Crippen molar-refractivity contribution in [2.45, 2.75) is 38.5 Å². The number of aryl methyl sites for hydroxylation is 2. The molecule has 0 unspecified atom stereocenters. The quantitative estimate of drug-likeness (QED) is 0.817. The summed E-state index contributed by atoms with van der Waals surface area (Å²) in [5.41, 5.74) is 5.56. The van der Waals surface area contributed by atoms with Crippen LogP contribution in [0.5, 0.6) is 0 Å². The average molecular weight is 346 g/mol. The zero-order valence-corrected chi connectivity index (χ0v) is 15.1. The minimum atomic E-state index is -3.81. The lowest BCUT2D eigenvalue weighted by Crippen LogP contribution is -2.41. The maximum atomic E-state index is 12.3. The van der Waals surface area contributed by atoms with Crippen molar-refractivity contribution in [1.29, 1.82) is 0 Å². The highest BCUT2D eigenvalue weighted by Gasteiger charge is 2.16. The van der Waals surface area contributed by atoms with E-state index in [0.717, 1.165) is 16.7 Å². The van der Waals surface area contributed by atoms with Crippen LogP contribution in [0.15, 0.2) is 47.4 Å². The van der Waals surface area contributed by atoms with Gasteiger partial charge in [0.25, 0.3) is 15.9 Å². The molecule has 0 aliphatic carbocycles. The minimum absolute atomic E-state index is 0.104. The molecule has 0 saturated heterocycles. The van der Waals surface area contributed by atoms with E-state index in [1.165, 1.54) is 12.1 Å². The van der Waals surface area contributed by atoms with Crippen molar-refractivity contribution in [2.24, 2.45) is 0 Å². The van der Waals surface area contributed by atoms with Crippen molar-refractivity contribution in [2.75, 3.05) is 0 Å². The van der Waals surface area contributed by atoms with Gasteiger partial charge >= 0.3 is 0 Å². The monoisotopic (exact) mass is 346 g/mol. The van der Waals surface area contributed by atoms with E-state index in [-0.39, 0.29) is 4.90 Å². The Morgan fingerprint density at radius 1 is 1.00 bits per heavy atom. The highest BCUT2D eigenvalue weighted by atomic mass is 32.2. The third-order valence-corrected chi connectivity index (χ3v) is 5.05. The van der Waals surface area contributed by atoms with E-state index in [1.54, 1.807) is 31.2 Å². The molecule has 2 aromatic carbocycles. The minimum Gasteiger partial charge on any atom is -0.273 e. The Bertz CT molecular complexity index is 841. The number of hydrogen-bond acceptors (Lipinski definition) is 3. The normalized spacial score (nSPS) is 11.5. The van der Waals surface area contributed by atoms with Crippen LogP contribution in [0.25, 0.3) is 0 Å². The van der Waals surface area contributed by atoms with Crippen LogP contribution in [-0.2, 0) is 10.0 Å². The van der Waals surface area contributed by atoms with Crippen molar-refractivity contribution in [3.05, 3.63) is 64.7 Å². The summed E-state index contributed by atoms with van der Waals surface area (Å²) in [4.78, 5) is 14.4. The van der Waals surface area contributed by atoms with E-state index in [1.807, 2.05) is 26.8 Å². The van der Waals surface area contributed by atoms with Gasteiger partial charge in [-0.05, 0) is 49.1 Å². The molecule has 2 N–H and O–H groups in total. The molecule has 0 spiro atoms. The maximum absolute atomic E-state index is 12.3. The lowest BCUT2D eigenvalue weighted by Gasteiger charge is -2.11. The van der Waals surface area contributed by atoms with E-state index in [2.05, 4.69) is 10.3 Å². The number of carbonyl (C=O) groups excluding carboxylic acids is 1. The SMILES string of the molecule is Cc1ccc(C(=O)NNS(=O)(=O)c2ccc(C(C)C)cc2)c(C)c1. The number of benzene rings is 2. The molecule has 0 aliphatic heterocycles. The fourth-order valence-electron chi connectivity index (χ4n) is 2.34. The van der Waals surface area contributed by atoms with Crippen LogP contribution in [0.1, 0.15) is 46.8 Å². The van der Waals surface area contributed by atoms with Gasteiger partial charge in [-0.2, -0.15) is 0 Å². The topological polar surface area (TPSA) is 75.3 Å². The standard InChI is InChI=1S/C18H22N2O3S/c1-12(2)15-6-8-16(9-7-15)24(22,23)20-19-18(21)17-10-5-13(3)11-14(17)4/h5-12,20H,1-4H3,(H,19,21). The first-order chi connectivity index (χ1) is 11.2. The first-order valence-corrected chi connectivity index (χ1v) is 9.18. The third-order valence-electron chi connectivity index (χ3n) is 3.78. The summed E-state index contributed by atoms with van der Waals surface area (Å²) in [6.07, 6.45) is 0. The number of hydrogen-bond donors (Lipinski definition) is 2. The van der Waals surface area contributed by atoms with Crippen LogP contribution in [-0.4, -0.2) is 14.3 Å². The molecule has 2 rings (SSSR count). The fraction of sp³-hybridized carbons (Fsp3) is 0.278. The third kappa shape index (κ3) is 4.21. The lowest BCUT2D eigenvalue weighted by molar-refractivity contribution is 0.0944. The molecule has 0 fully saturated rings. The van der Waals surface area contributed by atoms with Gasteiger partial charge in [0.2, 0.25) is 0 Å². The average Bonchev–Trinajstić information content (AvgIpc) is 2.53. The van der Waals surface area contributed by atoms with E-state index in [9.17, 15) is 13.2 Å². The van der Waals surface area contributed by atoms with Crippen molar-refractivity contribution in [1.82, 2.24) is 10.3 Å². The second-order valence-electron chi connectivity index (χ2n) is 6.10. The van der Waals surface area contributed by atoms with Gasteiger partial charge in [-0.3, -0.25) is 10.2 Å². The van der Waals surface area contributed by atoms with Gasteiger partial charge in [0.15, 0.2) is 0 Å². The number of carbonyl (C=O) groups is 1. The van der Waals surface area contributed by atoms with Crippen LogP contribution in [0.4, 0.5) is 0 Å². The zero-order chi connectivity index (χ0) is 17.9. The number of amides is 1. The summed E-state index contributed by atoms with van der Waals surface area (Å²) in [5, 5.41) is 0. The van der Waals surface area contributed by atoms with Crippen molar-refractivity contribution >= 4 is 15.9 Å². The lowest BCUT2D eigenvalue weighted by atomic mass is 10.0. The summed E-state index contributed by atoms with van der Waals surface area (Å²) in [7, 11) is -3.81. The molecule has 0 atom stereocenters. The zero-order valence-electron chi connectivity index (χ0n) is 14.3. The smallest absolute Gasteiger partial charge is 0.266 e. The van der Waals surface area contributed by atoms with E-state index in [0.29, 0.717) is 11.5 Å². The number of nitrogens with one attached hydrogen (secondary N) is 2. The molecule has 5 nitrogen and oxygen atoms in total. The van der Waals surface area contributed by atoms with Gasteiger partial charge in [-0.1, -0.05) is 43.7 Å². The molecular weight excluding hydrogens is 324 g/mol. The molecule has 1 amide bonds. The molecule has 128 valence electrons. The molecule has 0 aromatic heterocycles. The van der Waals surface area contributed by atoms with Crippen molar-refractivity contribution in [3.8, 4) is 0 Å². The molecule has 0 radical (unpaired) electrons. The summed E-state index contributed by atoms with van der Waals surface area (Å²) in [6.45, 7) is 7.80. The van der Waals surface area contributed by atoms with Gasteiger partial charge in [-0.15, -0.1) is 4.83 Å². The largest absolute Gasteiger partial charge is 0.273 e. The Kier molecular flexibility index (Phi) is 5.41. The Morgan fingerprint density at radius 2 is 1.62 bits per heavy atom. The van der Waals surface area contributed by atoms with Crippen molar-refractivity contribution < 1.29 is 13.2 Å². The van der Waals surface area contributed by atoms with Crippen molar-refractivity contribution in [3.63, 3.8) is 0 Å². The molecule has 24 heavy (non-hydrogen) atoms. The summed E-state index contributed by atoms with van der Waals surface area (Å²) in [5.74, 6) is -0.172. The molecule has 0 heterocycles. The summed E-state index contributed by atoms with van der Waals surface area (Å²) < 4.78 is 24.5. The molecule has 0 saturated carbocycles. The van der Waals surface area contributed by atoms with Crippen LogP contribution < -0.4 is 10.3 Å². The van der Waals surface area contributed by atoms with Crippen LogP contribution in [0, 0.1) is 13.8 Å². The Balaban J connectivity index is 2.10. The highest BCUT2D eigenvalue weighted by molar-refractivity contribution is 7.89. The van der Waals surface area contributed by atoms with Crippen LogP contribution in [0.3, 0.4) is 0 Å². The molecule has 0 aliphatic rings. The predicted octanol–water partition coefficient (Wildman–Crippen LogP) is 3.05. The Labute approximate surface area is 143 Å². The van der Waals surface area contributed by atoms with E-state index >= 15 is 0 Å². The molecular formula is C18H22N2O3S. The summed E-state index contributed by atoms with van der Waals surface area (Å²) in [6, 6.07) is 11.9. The summed E-state index contributed by atoms with van der Waals surface area (Å²) >= 11 is 0. The van der Waals surface area contributed by atoms with Gasteiger partial charge in [-0.25, -0.2) is 8.42 Å². The molecule has 6 heteroatoms. The maximum Gasteiger partial charge on any atom is 0.266 e. The fourth-order valence-corrected chi connectivity index (χ4v) is 3.18. The predicted molar refractivity (Wildman–Crippen MR) is 94.2 cm³/mol. The second kappa shape index (κ2) is 7.15. The van der Waals surface area contributed by atoms with Gasteiger partial charge in [0.1, 0.15) is 0 Å². The first kappa shape index (κ1) is 18.2.